The first-order chi connectivity index (χ1) is 20.9. The van der Waals surface area contributed by atoms with Crippen LogP contribution in [0.2, 0.25) is 0 Å². The van der Waals surface area contributed by atoms with Crippen LogP contribution >= 0.6 is 0 Å². The number of hydrogen-bond donors (Lipinski definition) is 1. The van der Waals surface area contributed by atoms with E-state index in [9.17, 15) is 0 Å². The summed E-state index contributed by atoms with van der Waals surface area (Å²) in [7, 11) is 0. The first-order valence-electron chi connectivity index (χ1n) is 15.1. The molecular weight excluding hydrogens is 460 g/mol. The van der Waals surface area contributed by atoms with Gasteiger partial charge in [0.15, 0.2) is 0 Å². The van der Waals surface area contributed by atoms with Gasteiger partial charge in [0.05, 0.1) is 29.1 Å². The molecule has 2 heteroatoms. The monoisotopic (exact) mass is 489 g/mol. The summed E-state index contributed by atoms with van der Waals surface area (Å²) in [5, 5.41) is 4.47. The van der Waals surface area contributed by atoms with E-state index in [0.717, 1.165) is 60.4 Å². The average molecular weight is 490 g/mol. The Hall–Kier alpha value is -5.08. The van der Waals surface area contributed by atoms with Crippen molar-refractivity contribution in [3.05, 3.63) is 139 Å². The molecule has 0 unspecified atom stereocenters. The Kier molecular flexibility index (Phi) is 3.60. The van der Waals surface area contributed by atoms with Crippen LogP contribution in [0.15, 0.2) is 139 Å². The summed E-state index contributed by atoms with van der Waals surface area (Å²) in [6.45, 7) is 0. The average Bonchev–Trinajstić information content (AvgIpc) is 3.59. The molecule has 38 heavy (non-hydrogen) atoms. The second kappa shape index (κ2) is 8.22. The van der Waals surface area contributed by atoms with Crippen molar-refractivity contribution in [1.29, 1.82) is 0 Å². The lowest BCUT2D eigenvalue weighted by atomic mass is 9.98. The van der Waals surface area contributed by atoms with Crippen molar-refractivity contribution in [1.82, 2.24) is 9.55 Å². The molecule has 1 N–H and O–H groups in total. The van der Waals surface area contributed by atoms with E-state index in [1.54, 1.807) is 0 Å². The fraction of sp³-hybridized carbons (Fsp3) is 0. The zero-order valence-corrected chi connectivity index (χ0v) is 20.3. The molecule has 2 aromatic heterocycles. The molecule has 8 aromatic rings. The number of hydrogen-bond acceptors (Lipinski definition) is 0. The molecule has 0 amide bonds. The number of benzene rings is 6. The summed E-state index contributed by atoms with van der Waals surface area (Å²) >= 11 is 0. The Balaban J connectivity index is 1.55. The lowest BCUT2D eigenvalue weighted by Gasteiger charge is -2.16. The van der Waals surface area contributed by atoms with Gasteiger partial charge in [0, 0.05) is 32.6 Å². The van der Waals surface area contributed by atoms with Gasteiger partial charge in [0.1, 0.15) is 0 Å². The molecule has 2 heterocycles. The fourth-order valence-corrected chi connectivity index (χ4v) is 5.75. The zero-order chi connectivity index (χ0) is 29.4. The minimum absolute atomic E-state index is 0.184. The third kappa shape index (κ3) is 3.07. The van der Waals surface area contributed by atoms with Crippen molar-refractivity contribution >= 4 is 43.6 Å². The SMILES string of the molecule is [2H]c1c([2H])c([2H])c(-c2ccc(-c3ccccc3)c(-n3c4ccccc4c4ccc5c6ccccc6[nH]c5c43)c2)c([2H])c1[2H]. The molecule has 0 saturated heterocycles. The second-order valence-electron chi connectivity index (χ2n) is 9.51. The molecule has 0 bridgehead atoms. The molecule has 0 fully saturated rings. The number of H-pyrrole nitrogens is 1. The molecule has 2 nitrogen and oxygen atoms in total. The van der Waals surface area contributed by atoms with Gasteiger partial charge in [-0.05, 0) is 34.9 Å². The van der Waals surface area contributed by atoms with Crippen LogP contribution in [-0.2, 0) is 0 Å². The standard InChI is InChI=1S/C36H24N2/c1-3-11-24(12-4-1)26-19-20-27(25-13-5-2-6-14-25)34(23-26)38-33-18-10-8-16-29(33)31-22-21-30-28-15-7-9-17-32(28)37-35(30)36(31)38/h1-23,37H/i1D,3D,4D,11D,12D. The summed E-state index contributed by atoms with van der Waals surface area (Å²) in [6.07, 6.45) is 0. The molecule has 0 aliphatic carbocycles. The lowest BCUT2D eigenvalue weighted by Crippen LogP contribution is -1.98. The predicted octanol–water partition coefficient (Wildman–Crippen LogP) is 9.75. The molecule has 0 spiro atoms. The maximum absolute atomic E-state index is 8.68. The number of aromatic nitrogens is 2. The molecule has 0 aliphatic heterocycles. The van der Waals surface area contributed by atoms with E-state index in [1.165, 1.54) is 0 Å². The Morgan fingerprint density at radius 1 is 0.553 bits per heavy atom. The highest BCUT2D eigenvalue weighted by atomic mass is 15.0. The highest BCUT2D eigenvalue weighted by molar-refractivity contribution is 6.23. The predicted molar refractivity (Wildman–Crippen MR) is 161 cm³/mol. The van der Waals surface area contributed by atoms with Gasteiger partial charge in [-0.1, -0.05) is 121 Å². The maximum atomic E-state index is 8.68. The topological polar surface area (TPSA) is 20.7 Å². The van der Waals surface area contributed by atoms with E-state index in [-0.39, 0.29) is 29.7 Å². The molecule has 0 aliphatic rings. The molecule has 6 aromatic carbocycles. The van der Waals surface area contributed by atoms with Crippen LogP contribution in [0.5, 0.6) is 0 Å². The van der Waals surface area contributed by atoms with Crippen LogP contribution in [0.4, 0.5) is 0 Å². The third-order valence-electron chi connectivity index (χ3n) is 7.43. The molecule has 8 rings (SSSR count). The van der Waals surface area contributed by atoms with Crippen LogP contribution in [0.3, 0.4) is 0 Å². The molecule has 0 atom stereocenters. The quantitative estimate of drug-likeness (QED) is 0.255. The molecular formula is C36H24N2. The van der Waals surface area contributed by atoms with E-state index >= 15 is 0 Å². The Bertz CT molecular complexity index is 2370. The summed E-state index contributed by atoms with van der Waals surface area (Å²) < 4.78 is 44.3. The van der Waals surface area contributed by atoms with E-state index in [4.69, 9.17) is 6.85 Å². The summed E-state index contributed by atoms with van der Waals surface area (Å²) in [5.41, 5.74) is 7.68. The van der Waals surface area contributed by atoms with Crippen molar-refractivity contribution in [2.75, 3.05) is 0 Å². The number of nitrogens with one attached hydrogen (secondary N) is 1. The van der Waals surface area contributed by atoms with Crippen molar-refractivity contribution in [3.8, 4) is 27.9 Å². The van der Waals surface area contributed by atoms with E-state index in [2.05, 4.69) is 58.1 Å². The van der Waals surface area contributed by atoms with Crippen molar-refractivity contribution < 1.29 is 6.85 Å². The summed E-state index contributed by atoms with van der Waals surface area (Å²) in [4.78, 5) is 3.69. The van der Waals surface area contributed by atoms with Crippen molar-refractivity contribution in [2.24, 2.45) is 0 Å². The fourth-order valence-electron chi connectivity index (χ4n) is 5.75. The summed E-state index contributed by atoms with van der Waals surface area (Å²) in [5.74, 6) is 0. The Morgan fingerprint density at radius 2 is 1.29 bits per heavy atom. The first kappa shape index (κ1) is 16.6. The summed E-state index contributed by atoms with van der Waals surface area (Å²) in [6, 6.07) is 35.4. The highest BCUT2D eigenvalue weighted by Gasteiger charge is 2.20. The number of fused-ring (bicyclic) bond motifs is 7. The van der Waals surface area contributed by atoms with Gasteiger partial charge < -0.3 is 9.55 Å². The van der Waals surface area contributed by atoms with Gasteiger partial charge in [0.25, 0.3) is 0 Å². The van der Waals surface area contributed by atoms with E-state index in [1.807, 2.05) is 60.7 Å². The van der Waals surface area contributed by atoms with Crippen molar-refractivity contribution in [2.45, 2.75) is 0 Å². The van der Waals surface area contributed by atoms with Gasteiger partial charge in [0.2, 0.25) is 0 Å². The Morgan fingerprint density at radius 3 is 2.16 bits per heavy atom. The number of nitrogens with zero attached hydrogens (tertiary/aromatic N) is 1. The second-order valence-corrected chi connectivity index (χ2v) is 9.51. The van der Waals surface area contributed by atoms with Crippen LogP contribution in [0.1, 0.15) is 6.85 Å². The van der Waals surface area contributed by atoms with Crippen LogP contribution < -0.4 is 0 Å². The third-order valence-corrected chi connectivity index (χ3v) is 7.43. The molecule has 0 radical (unpaired) electrons. The van der Waals surface area contributed by atoms with E-state index < -0.39 is 6.04 Å². The van der Waals surface area contributed by atoms with Gasteiger partial charge >= 0.3 is 0 Å². The van der Waals surface area contributed by atoms with Crippen molar-refractivity contribution in [3.63, 3.8) is 0 Å². The lowest BCUT2D eigenvalue weighted by molar-refractivity contribution is 1.18. The van der Waals surface area contributed by atoms with Crippen LogP contribution in [0.25, 0.3) is 71.6 Å². The zero-order valence-electron chi connectivity index (χ0n) is 25.3. The number of rotatable bonds is 3. The van der Waals surface area contributed by atoms with Crippen LogP contribution in [-0.4, -0.2) is 9.55 Å². The number of aromatic amines is 1. The normalized spacial score (nSPS) is 13.5. The van der Waals surface area contributed by atoms with Gasteiger partial charge in [-0.15, -0.1) is 0 Å². The number of para-hydroxylation sites is 2. The molecule has 0 saturated carbocycles. The van der Waals surface area contributed by atoms with Gasteiger partial charge in [-0.3, -0.25) is 0 Å². The smallest absolute Gasteiger partial charge is 0.0783 e. The highest BCUT2D eigenvalue weighted by Crippen LogP contribution is 2.41. The Labute approximate surface area is 227 Å². The largest absolute Gasteiger partial charge is 0.353 e. The maximum Gasteiger partial charge on any atom is 0.0783 e. The minimum atomic E-state index is -0.400. The van der Waals surface area contributed by atoms with Crippen LogP contribution in [0, 0.1) is 0 Å². The first-order valence-corrected chi connectivity index (χ1v) is 12.6. The van der Waals surface area contributed by atoms with Gasteiger partial charge in [-0.25, -0.2) is 0 Å². The van der Waals surface area contributed by atoms with E-state index in [0.29, 0.717) is 5.56 Å². The molecule has 178 valence electrons. The van der Waals surface area contributed by atoms with Gasteiger partial charge in [-0.2, -0.15) is 0 Å². The minimum Gasteiger partial charge on any atom is -0.353 e.